The summed E-state index contributed by atoms with van der Waals surface area (Å²) in [5.74, 6) is 2.03. The molecule has 0 aliphatic rings. The Labute approximate surface area is 114 Å². The minimum atomic E-state index is 0.237. The highest BCUT2D eigenvalue weighted by atomic mass is 14.3. The molecular formula is C18H29. The lowest BCUT2D eigenvalue weighted by Crippen LogP contribution is -2.22. The van der Waals surface area contributed by atoms with Gasteiger partial charge in [0.05, 0.1) is 0 Å². The van der Waals surface area contributed by atoms with Crippen LogP contribution in [-0.2, 0) is 5.41 Å². The van der Waals surface area contributed by atoms with Crippen molar-refractivity contribution in [1.82, 2.24) is 0 Å². The van der Waals surface area contributed by atoms with Crippen molar-refractivity contribution >= 4 is 0 Å². The predicted molar refractivity (Wildman–Crippen MR) is 81.9 cm³/mol. The van der Waals surface area contributed by atoms with E-state index in [1.54, 1.807) is 0 Å². The zero-order valence-electron chi connectivity index (χ0n) is 13.4. The molecule has 1 aromatic rings. The molecule has 1 unspecified atom stereocenters. The van der Waals surface area contributed by atoms with Gasteiger partial charge in [0.15, 0.2) is 0 Å². The lowest BCUT2D eigenvalue weighted by Gasteiger charge is -2.34. The van der Waals surface area contributed by atoms with E-state index in [0.717, 1.165) is 0 Å². The Kier molecular flexibility index (Phi) is 4.30. The van der Waals surface area contributed by atoms with Gasteiger partial charge in [-0.3, -0.25) is 0 Å². The molecule has 0 heteroatoms. The van der Waals surface area contributed by atoms with Crippen LogP contribution in [0.2, 0.25) is 0 Å². The fourth-order valence-electron chi connectivity index (χ4n) is 2.87. The van der Waals surface area contributed by atoms with Crippen molar-refractivity contribution < 1.29 is 0 Å². The van der Waals surface area contributed by atoms with Gasteiger partial charge < -0.3 is 0 Å². The predicted octanol–water partition coefficient (Wildman–Crippen LogP) is 5.73. The van der Waals surface area contributed by atoms with Crippen molar-refractivity contribution in [2.24, 2.45) is 5.41 Å². The molecule has 0 aromatic heterocycles. The van der Waals surface area contributed by atoms with E-state index in [1.807, 2.05) is 0 Å². The van der Waals surface area contributed by atoms with E-state index in [1.165, 1.54) is 17.0 Å². The second-order valence-electron chi connectivity index (χ2n) is 7.75. The lowest BCUT2D eigenvalue weighted by atomic mass is 9.70. The van der Waals surface area contributed by atoms with Crippen LogP contribution in [0.4, 0.5) is 0 Å². The average molecular weight is 245 g/mol. The maximum atomic E-state index is 2.32. The number of benzene rings is 1. The third kappa shape index (κ3) is 3.60. The maximum absolute atomic E-state index is 2.32. The molecule has 0 aliphatic carbocycles. The Bertz CT molecular complexity index is 368. The fourth-order valence-corrected chi connectivity index (χ4v) is 2.87. The molecule has 1 radical (unpaired) electrons. The Morgan fingerprint density at radius 2 is 1.28 bits per heavy atom. The van der Waals surface area contributed by atoms with Gasteiger partial charge in [0.1, 0.15) is 0 Å². The van der Waals surface area contributed by atoms with Crippen LogP contribution in [0.1, 0.15) is 72.4 Å². The van der Waals surface area contributed by atoms with Crippen LogP contribution < -0.4 is 0 Å². The highest BCUT2D eigenvalue weighted by Gasteiger charge is 2.29. The summed E-state index contributed by atoms with van der Waals surface area (Å²) >= 11 is 0. The zero-order chi connectivity index (χ0) is 14.1. The molecule has 0 fully saturated rings. The molecule has 0 N–H and O–H groups in total. The first-order valence-electron chi connectivity index (χ1n) is 6.94. The first-order valence-corrected chi connectivity index (χ1v) is 6.94. The van der Waals surface area contributed by atoms with Crippen molar-refractivity contribution in [3.05, 3.63) is 41.3 Å². The lowest BCUT2D eigenvalue weighted by molar-refractivity contribution is 0.330. The van der Waals surface area contributed by atoms with E-state index in [0.29, 0.717) is 5.92 Å². The van der Waals surface area contributed by atoms with Crippen LogP contribution in [0, 0.1) is 11.3 Å². The van der Waals surface area contributed by atoms with Gasteiger partial charge in [-0.05, 0) is 33.8 Å². The Morgan fingerprint density at radius 3 is 1.56 bits per heavy atom. The number of hydrogen-bond acceptors (Lipinski definition) is 0. The van der Waals surface area contributed by atoms with Crippen LogP contribution in [0.5, 0.6) is 0 Å². The van der Waals surface area contributed by atoms with Crippen molar-refractivity contribution in [3.8, 4) is 0 Å². The third-order valence-corrected chi connectivity index (χ3v) is 3.55. The maximum Gasteiger partial charge on any atom is -0.00566 e. The molecule has 0 aliphatic heterocycles. The molecule has 0 nitrogen and oxygen atoms in total. The average Bonchev–Trinajstić information content (AvgIpc) is 2.13. The van der Waals surface area contributed by atoms with Crippen molar-refractivity contribution in [2.45, 2.75) is 66.7 Å². The van der Waals surface area contributed by atoms with Gasteiger partial charge in [-0.2, -0.15) is 0 Å². The number of hydrogen-bond donors (Lipinski definition) is 0. The van der Waals surface area contributed by atoms with Gasteiger partial charge >= 0.3 is 0 Å². The van der Waals surface area contributed by atoms with Crippen molar-refractivity contribution in [2.75, 3.05) is 0 Å². The SMILES string of the molecule is C[C](C)C(c1ccc(C(C)(C)C)cc1)C(C)(C)C. The Balaban J connectivity index is 3.10. The van der Waals surface area contributed by atoms with Crippen LogP contribution >= 0.6 is 0 Å². The summed E-state index contributed by atoms with van der Waals surface area (Å²) in [6, 6.07) is 9.20. The topological polar surface area (TPSA) is 0 Å². The van der Waals surface area contributed by atoms with Crippen LogP contribution in [0.15, 0.2) is 24.3 Å². The van der Waals surface area contributed by atoms with Gasteiger partial charge in [0.2, 0.25) is 0 Å². The summed E-state index contributed by atoms with van der Waals surface area (Å²) in [4.78, 5) is 0. The second-order valence-corrected chi connectivity index (χ2v) is 7.75. The van der Waals surface area contributed by atoms with E-state index in [2.05, 4.69) is 79.7 Å². The summed E-state index contributed by atoms with van der Waals surface area (Å²) in [7, 11) is 0. The molecule has 0 amide bonds. The van der Waals surface area contributed by atoms with Crippen molar-refractivity contribution in [3.63, 3.8) is 0 Å². The Morgan fingerprint density at radius 1 is 0.833 bits per heavy atom. The van der Waals surface area contributed by atoms with Gasteiger partial charge in [0, 0.05) is 0 Å². The van der Waals surface area contributed by atoms with E-state index in [4.69, 9.17) is 0 Å². The molecule has 1 rings (SSSR count). The van der Waals surface area contributed by atoms with Crippen molar-refractivity contribution in [1.29, 1.82) is 0 Å². The quantitative estimate of drug-likeness (QED) is 0.624. The highest BCUT2D eigenvalue weighted by Crippen LogP contribution is 2.41. The molecule has 0 spiro atoms. The monoisotopic (exact) mass is 245 g/mol. The second kappa shape index (κ2) is 5.07. The molecule has 0 heterocycles. The summed E-state index contributed by atoms with van der Waals surface area (Å²) in [5.41, 5.74) is 3.37. The molecule has 0 bridgehead atoms. The summed E-state index contributed by atoms with van der Waals surface area (Å²) < 4.78 is 0. The van der Waals surface area contributed by atoms with E-state index >= 15 is 0 Å². The fraction of sp³-hybridized carbons (Fsp3) is 0.611. The van der Waals surface area contributed by atoms with E-state index in [9.17, 15) is 0 Å². The molecular weight excluding hydrogens is 216 g/mol. The summed E-state index contributed by atoms with van der Waals surface area (Å²) in [6.07, 6.45) is 0. The summed E-state index contributed by atoms with van der Waals surface area (Å²) in [5, 5.41) is 0. The molecule has 0 saturated heterocycles. The Hall–Kier alpha value is -0.780. The van der Waals surface area contributed by atoms with Crippen LogP contribution in [-0.4, -0.2) is 0 Å². The molecule has 18 heavy (non-hydrogen) atoms. The van der Waals surface area contributed by atoms with Gasteiger partial charge in [0.25, 0.3) is 0 Å². The first-order chi connectivity index (χ1) is 8.03. The number of rotatable bonds is 2. The largest absolute Gasteiger partial charge is 0.0596 e. The smallest absolute Gasteiger partial charge is 0.00566 e. The third-order valence-electron chi connectivity index (χ3n) is 3.55. The normalized spacial score (nSPS) is 14.9. The van der Waals surface area contributed by atoms with Crippen LogP contribution in [0.25, 0.3) is 0 Å². The minimum Gasteiger partial charge on any atom is -0.0596 e. The first kappa shape index (κ1) is 15.3. The van der Waals surface area contributed by atoms with E-state index in [-0.39, 0.29) is 10.8 Å². The van der Waals surface area contributed by atoms with Crippen LogP contribution in [0.3, 0.4) is 0 Å². The molecule has 101 valence electrons. The minimum absolute atomic E-state index is 0.237. The molecule has 1 atom stereocenters. The van der Waals surface area contributed by atoms with E-state index < -0.39 is 0 Å². The van der Waals surface area contributed by atoms with Gasteiger partial charge in [-0.1, -0.05) is 79.7 Å². The molecule has 0 saturated carbocycles. The standard InChI is InChI=1S/C18H29/c1-13(2)16(18(6,7)8)14-9-11-15(12-10-14)17(3,4)5/h9-12,16H,1-8H3. The van der Waals surface area contributed by atoms with Gasteiger partial charge in [-0.25, -0.2) is 0 Å². The highest BCUT2D eigenvalue weighted by molar-refractivity contribution is 5.33. The zero-order valence-corrected chi connectivity index (χ0v) is 13.4. The molecule has 1 aromatic carbocycles. The summed E-state index contributed by atoms with van der Waals surface area (Å²) in [6.45, 7) is 18.2. The van der Waals surface area contributed by atoms with Gasteiger partial charge in [-0.15, -0.1) is 0 Å².